The topological polar surface area (TPSA) is 82.1 Å². The van der Waals surface area contributed by atoms with Gasteiger partial charge in [0.05, 0.1) is 11.4 Å². The molecule has 1 saturated heterocycles. The SMILES string of the molecule is Cc1cccnc1CN(Cc1ncccc1C)C1CCN(C(=N)N)CC1. The summed E-state index contributed by atoms with van der Waals surface area (Å²) in [6.45, 7) is 7.52. The summed E-state index contributed by atoms with van der Waals surface area (Å²) in [6.07, 6.45) is 5.73. The predicted molar refractivity (Wildman–Crippen MR) is 104 cm³/mol. The second kappa shape index (κ2) is 8.27. The third-order valence-corrected chi connectivity index (χ3v) is 5.26. The first-order valence-electron chi connectivity index (χ1n) is 9.18. The second-order valence-electron chi connectivity index (χ2n) is 7.04. The number of hydrogen-bond acceptors (Lipinski definition) is 4. The number of pyridine rings is 2. The van der Waals surface area contributed by atoms with Crippen LogP contribution in [0.3, 0.4) is 0 Å². The van der Waals surface area contributed by atoms with Gasteiger partial charge in [-0.2, -0.15) is 0 Å². The Morgan fingerprint density at radius 2 is 1.58 bits per heavy atom. The molecule has 3 N–H and O–H groups in total. The molecule has 0 saturated carbocycles. The molecule has 1 fully saturated rings. The molecule has 1 aliphatic heterocycles. The zero-order valence-electron chi connectivity index (χ0n) is 15.7. The molecule has 0 bridgehead atoms. The van der Waals surface area contributed by atoms with Gasteiger partial charge in [0.1, 0.15) is 0 Å². The van der Waals surface area contributed by atoms with Gasteiger partial charge in [0.25, 0.3) is 0 Å². The molecule has 0 aliphatic carbocycles. The van der Waals surface area contributed by atoms with Crippen LogP contribution in [0.5, 0.6) is 0 Å². The molecule has 6 nitrogen and oxygen atoms in total. The highest BCUT2D eigenvalue weighted by atomic mass is 15.3. The van der Waals surface area contributed by atoms with Crippen molar-refractivity contribution in [2.75, 3.05) is 13.1 Å². The number of nitrogens with one attached hydrogen (secondary N) is 1. The Bertz CT molecular complexity index is 704. The van der Waals surface area contributed by atoms with E-state index in [0.29, 0.717) is 6.04 Å². The predicted octanol–water partition coefficient (Wildman–Crippen LogP) is 2.45. The molecule has 0 aromatic carbocycles. The van der Waals surface area contributed by atoms with Gasteiger partial charge in [0.2, 0.25) is 0 Å². The lowest BCUT2D eigenvalue weighted by Gasteiger charge is -2.38. The molecule has 0 spiro atoms. The van der Waals surface area contributed by atoms with Gasteiger partial charge >= 0.3 is 0 Å². The van der Waals surface area contributed by atoms with E-state index in [-0.39, 0.29) is 5.96 Å². The molecule has 0 atom stereocenters. The van der Waals surface area contributed by atoms with Crippen LogP contribution in [0.15, 0.2) is 36.7 Å². The number of nitrogens with two attached hydrogens (primary N) is 1. The Labute approximate surface area is 155 Å². The van der Waals surface area contributed by atoms with Crippen molar-refractivity contribution in [1.82, 2.24) is 19.8 Å². The first-order valence-corrected chi connectivity index (χ1v) is 9.18. The smallest absolute Gasteiger partial charge is 0.188 e. The summed E-state index contributed by atoms with van der Waals surface area (Å²) < 4.78 is 0. The maximum absolute atomic E-state index is 7.65. The molecule has 1 aliphatic rings. The Morgan fingerprint density at radius 1 is 1.08 bits per heavy atom. The third-order valence-electron chi connectivity index (χ3n) is 5.26. The summed E-state index contributed by atoms with van der Waals surface area (Å²) in [6, 6.07) is 8.64. The van der Waals surface area contributed by atoms with Crippen molar-refractivity contribution < 1.29 is 0 Å². The highest BCUT2D eigenvalue weighted by Gasteiger charge is 2.26. The highest BCUT2D eigenvalue weighted by Crippen LogP contribution is 2.22. The van der Waals surface area contributed by atoms with Crippen molar-refractivity contribution in [1.29, 1.82) is 5.41 Å². The fraction of sp³-hybridized carbons (Fsp3) is 0.450. The molecule has 3 rings (SSSR count). The van der Waals surface area contributed by atoms with Crippen molar-refractivity contribution in [3.63, 3.8) is 0 Å². The number of aromatic nitrogens is 2. The average Bonchev–Trinajstić information content (AvgIpc) is 2.64. The lowest BCUT2D eigenvalue weighted by molar-refractivity contribution is 0.118. The van der Waals surface area contributed by atoms with Crippen molar-refractivity contribution in [3.05, 3.63) is 59.2 Å². The van der Waals surface area contributed by atoms with Crippen LogP contribution in [0, 0.1) is 19.3 Å². The maximum Gasteiger partial charge on any atom is 0.188 e. The monoisotopic (exact) mass is 352 g/mol. The van der Waals surface area contributed by atoms with Crippen molar-refractivity contribution in [2.45, 2.75) is 45.8 Å². The normalized spacial score (nSPS) is 15.4. The van der Waals surface area contributed by atoms with E-state index in [0.717, 1.165) is 50.4 Å². The van der Waals surface area contributed by atoms with Crippen molar-refractivity contribution >= 4 is 5.96 Å². The van der Waals surface area contributed by atoms with Gasteiger partial charge in [0, 0.05) is 44.6 Å². The van der Waals surface area contributed by atoms with Gasteiger partial charge in [-0.15, -0.1) is 0 Å². The van der Waals surface area contributed by atoms with Crippen LogP contribution in [-0.4, -0.2) is 44.9 Å². The summed E-state index contributed by atoms with van der Waals surface area (Å²) in [4.78, 5) is 13.6. The van der Waals surface area contributed by atoms with Gasteiger partial charge in [0.15, 0.2) is 5.96 Å². The zero-order valence-corrected chi connectivity index (χ0v) is 15.7. The third kappa shape index (κ3) is 4.38. The van der Waals surface area contributed by atoms with Crippen LogP contribution in [-0.2, 0) is 13.1 Å². The zero-order chi connectivity index (χ0) is 18.5. The lowest BCUT2D eigenvalue weighted by Crippen LogP contribution is -2.48. The van der Waals surface area contributed by atoms with Gasteiger partial charge in [-0.3, -0.25) is 20.3 Å². The number of likely N-dealkylation sites (tertiary alicyclic amines) is 1. The van der Waals surface area contributed by atoms with E-state index in [1.165, 1.54) is 11.1 Å². The fourth-order valence-corrected chi connectivity index (χ4v) is 3.54. The minimum atomic E-state index is 0.177. The van der Waals surface area contributed by atoms with E-state index >= 15 is 0 Å². The van der Waals surface area contributed by atoms with Crippen molar-refractivity contribution in [3.8, 4) is 0 Å². The summed E-state index contributed by atoms with van der Waals surface area (Å²) >= 11 is 0. The fourth-order valence-electron chi connectivity index (χ4n) is 3.54. The summed E-state index contributed by atoms with van der Waals surface area (Å²) in [5.41, 5.74) is 10.3. The molecule has 6 heteroatoms. The van der Waals surface area contributed by atoms with Gasteiger partial charge in [-0.1, -0.05) is 12.1 Å². The first-order chi connectivity index (χ1) is 12.5. The van der Waals surface area contributed by atoms with E-state index in [1.807, 2.05) is 29.4 Å². The molecular formula is C20H28N6. The maximum atomic E-state index is 7.65. The van der Waals surface area contributed by atoms with E-state index < -0.39 is 0 Å². The minimum absolute atomic E-state index is 0.177. The van der Waals surface area contributed by atoms with Crippen LogP contribution < -0.4 is 5.73 Å². The largest absolute Gasteiger partial charge is 0.370 e. The quantitative estimate of drug-likeness (QED) is 0.638. The Hall–Kier alpha value is -2.47. The van der Waals surface area contributed by atoms with Crippen molar-refractivity contribution in [2.24, 2.45) is 5.73 Å². The number of piperidine rings is 1. The van der Waals surface area contributed by atoms with Crippen LogP contribution >= 0.6 is 0 Å². The first kappa shape index (κ1) is 18.3. The molecule has 138 valence electrons. The lowest BCUT2D eigenvalue weighted by atomic mass is 10.0. The Morgan fingerprint density at radius 3 is 2.00 bits per heavy atom. The number of hydrogen-bond donors (Lipinski definition) is 2. The van der Waals surface area contributed by atoms with E-state index in [9.17, 15) is 0 Å². The molecule has 2 aromatic heterocycles. The second-order valence-corrected chi connectivity index (χ2v) is 7.04. The number of nitrogens with zero attached hydrogens (tertiary/aromatic N) is 4. The van der Waals surface area contributed by atoms with Gasteiger partial charge in [-0.05, 0) is 49.9 Å². The molecule has 0 amide bonds. The number of aryl methyl sites for hydroxylation is 2. The Kier molecular flexibility index (Phi) is 5.83. The Balaban J connectivity index is 1.79. The van der Waals surface area contributed by atoms with Crippen LogP contribution in [0.4, 0.5) is 0 Å². The van der Waals surface area contributed by atoms with E-state index in [1.54, 1.807) is 0 Å². The highest BCUT2D eigenvalue weighted by molar-refractivity contribution is 5.74. The average molecular weight is 352 g/mol. The molecule has 3 heterocycles. The van der Waals surface area contributed by atoms with Crippen LogP contribution in [0.1, 0.15) is 35.4 Å². The van der Waals surface area contributed by atoms with Gasteiger partial charge < -0.3 is 10.6 Å². The molecule has 0 radical (unpaired) electrons. The summed E-state index contributed by atoms with van der Waals surface area (Å²) in [7, 11) is 0. The standard InChI is InChI=1S/C20H28N6/c1-15-5-3-9-23-18(15)13-26(14-19-16(2)6-4-10-24-19)17-7-11-25(12-8-17)20(21)22/h3-6,9-10,17H,7-8,11-14H2,1-2H3,(H3,21,22). The minimum Gasteiger partial charge on any atom is -0.370 e. The molecule has 26 heavy (non-hydrogen) atoms. The van der Waals surface area contributed by atoms with E-state index in [4.69, 9.17) is 11.1 Å². The molecule has 0 unspecified atom stereocenters. The number of rotatable bonds is 5. The summed E-state index contributed by atoms with van der Waals surface area (Å²) in [5, 5.41) is 7.65. The number of guanidine groups is 1. The van der Waals surface area contributed by atoms with E-state index in [2.05, 4.69) is 40.8 Å². The van der Waals surface area contributed by atoms with Crippen LogP contribution in [0.2, 0.25) is 0 Å². The summed E-state index contributed by atoms with van der Waals surface area (Å²) in [5.74, 6) is 0.177. The molecule has 2 aromatic rings. The van der Waals surface area contributed by atoms with Gasteiger partial charge in [-0.25, -0.2) is 0 Å². The van der Waals surface area contributed by atoms with Crippen LogP contribution in [0.25, 0.3) is 0 Å². The molecular weight excluding hydrogens is 324 g/mol.